The van der Waals surface area contributed by atoms with Gasteiger partial charge in [-0.05, 0) is 77.5 Å². The molecule has 0 radical (unpaired) electrons. The summed E-state index contributed by atoms with van der Waals surface area (Å²) in [5.41, 5.74) is 0.263. The third kappa shape index (κ3) is 9.78. The number of nitrogens with zero attached hydrogens (tertiary/aromatic N) is 5. The molecule has 0 bridgehead atoms. The normalized spacial score (nSPS) is 12.7. The summed E-state index contributed by atoms with van der Waals surface area (Å²) in [6.45, 7) is 1.05. The maximum absolute atomic E-state index is 12.5. The van der Waals surface area contributed by atoms with Gasteiger partial charge in [0.25, 0.3) is 20.2 Å². The minimum Gasteiger partial charge on any atom is -0.505 e. The Morgan fingerprint density at radius 3 is 1.98 bits per heavy atom. The molecule has 5 aromatic rings. The maximum atomic E-state index is 12.5. The fourth-order valence-electron chi connectivity index (χ4n) is 4.85. The van der Waals surface area contributed by atoms with Crippen molar-refractivity contribution in [2.45, 2.75) is 28.0 Å². The number of hydrogen-bond acceptors (Lipinski definition) is 17. The van der Waals surface area contributed by atoms with Gasteiger partial charge in [0, 0.05) is 11.1 Å². The molecule has 54 heavy (non-hydrogen) atoms. The van der Waals surface area contributed by atoms with E-state index in [1.165, 1.54) is 0 Å². The van der Waals surface area contributed by atoms with Crippen LogP contribution < -0.4 is 10.6 Å². The number of sulfone groups is 1. The van der Waals surface area contributed by atoms with Gasteiger partial charge in [0.2, 0.25) is 17.2 Å². The molecule has 6 N–H and O–H groups in total. The van der Waals surface area contributed by atoms with Crippen molar-refractivity contribution in [2.24, 2.45) is 10.2 Å². The Balaban J connectivity index is 1.59. The summed E-state index contributed by atoms with van der Waals surface area (Å²) in [4.78, 5) is 10.1. The van der Waals surface area contributed by atoms with Gasteiger partial charge in [-0.25, -0.2) is 12.6 Å². The predicted octanol–water partition coefficient (Wildman–Crippen LogP) is 4.94. The molecular formula is C29H26ClN7O13S4. The molecule has 0 unspecified atom stereocenters. The third-order valence-corrected chi connectivity index (χ3v) is 11.3. The van der Waals surface area contributed by atoms with Gasteiger partial charge in [0.15, 0.2) is 15.6 Å². The van der Waals surface area contributed by atoms with E-state index >= 15 is 0 Å². The number of aromatic nitrogens is 3. The molecule has 5 rings (SSSR count). The van der Waals surface area contributed by atoms with E-state index in [0.29, 0.717) is 12.1 Å². The standard InChI is InChI=1S/C29H26ClN7O13S4/c1-2-16-5-3-4-6-21(16)31-28-33-27(30)34-29(35-28)32-22-15-20(52(41,42)43)13-17-14-23(53(44,45)46)25(26(38)24(17)22)37-36-18-7-9-19(10-8-18)51(39,40)12-11-50-54(47,48)49/h3-10,13-15,38H,2,11-12H2,1H3,(H,41,42,43)(H,44,45,46)(H,47,48,49)(H2,31,32,33,34,35). The van der Waals surface area contributed by atoms with Gasteiger partial charge in [-0.3, -0.25) is 13.7 Å². The van der Waals surface area contributed by atoms with Crippen LogP contribution in [0.4, 0.5) is 34.6 Å². The molecule has 0 spiro atoms. The second-order valence-electron chi connectivity index (χ2n) is 10.9. The monoisotopic (exact) mass is 843 g/mol. The van der Waals surface area contributed by atoms with Crippen LogP contribution in [-0.2, 0) is 51.1 Å². The Bertz CT molecular complexity index is 2750. The Labute approximate surface area is 312 Å². The number of aromatic hydroxyl groups is 1. The first kappa shape index (κ1) is 40.3. The van der Waals surface area contributed by atoms with Gasteiger partial charge in [0.1, 0.15) is 10.6 Å². The van der Waals surface area contributed by atoms with Crippen molar-refractivity contribution in [3.63, 3.8) is 0 Å². The molecule has 286 valence electrons. The topological polar surface area (TPSA) is 314 Å². The van der Waals surface area contributed by atoms with Gasteiger partial charge in [-0.2, -0.15) is 45.3 Å². The van der Waals surface area contributed by atoms with Crippen molar-refractivity contribution in [1.82, 2.24) is 15.0 Å². The number of phenols is 1. The fraction of sp³-hybridized carbons (Fsp3) is 0.138. The van der Waals surface area contributed by atoms with Crippen LogP contribution in [0, 0.1) is 0 Å². The number of hydrogen-bond donors (Lipinski definition) is 6. The average molecular weight is 844 g/mol. The molecule has 1 aromatic heterocycles. The number of aryl methyl sites for hydroxylation is 1. The van der Waals surface area contributed by atoms with Crippen LogP contribution in [0.25, 0.3) is 10.8 Å². The van der Waals surface area contributed by atoms with Crippen molar-refractivity contribution in [2.75, 3.05) is 23.0 Å². The zero-order valence-electron chi connectivity index (χ0n) is 27.2. The number of phenolic OH excluding ortho intramolecular Hbond substituents is 1. The summed E-state index contributed by atoms with van der Waals surface area (Å²) < 4.78 is 128. The van der Waals surface area contributed by atoms with Gasteiger partial charge < -0.3 is 15.7 Å². The van der Waals surface area contributed by atoms with Gasteiger partial charge >= 0.3 is 10.4 Å². The lowest BCUT2D eigenvalue weighted by Gasteiger charge is -2.15. The first-order valence-corrected chi connectivity index (χ1v) is 21.1. The van der Waals surface area contributed by atoms with Crippen LogP contribution in [-0.4, -0.2) is 79.7 Å². The lowest BCUT2D eigenvalue weighted by molar-refractivity contribution is 0.284. The number of fused-ring (bicyclic) bond motifs is 1. The van der Waals surface area contributed by atoms with Crippen LogP contribution in [0.3, 0.4) is 0 Å². The van der Waals surface area contributed by atoms with Crippen LogP contribution in [0.2, 0.25) is 5.28 Å². The van der Waals surface area contributed by atoms with E-state index in [9.17, 15) is 47.9 Å². The smallest absolute Gasteiger partial charge is 0.397 e. The molecule has 4 aromatic carbocycles. The van der Waals surface area contributed by atoms with E-state index < -0.39 is 74.1 Å². The number of para-hydroxylation sites is 1. The lowest BCUT2D eigenvalue weighted by Crippen LogP contribution is -2.15. The molecule has 0 aliphatic heterocycles. The van der Waals surface area contributed by atoms with E-state index in [0.717, 1.165) is 48.0 Å². The van der Waals surface area contributed by atoms with Crippen LogP contribution in [0.15, 0.2) is 91.6 Å². The highest BCUT2D eigenvalue weighted by Gasteiger charge is 2.26. The van der Waals surface area contributed by atoms with E-state index in [1.807, 2.05) is 19.1 Å². The molecule has 1 heterocycles. The lowest BCUT2D eigenvalue weighted by atomic mass is 10.1. The SMILES string of the molecule is CCc1ccccc1Nc1nc(Cl)nc(Nc2cc(S(=O)(=O)O)cc3cc(S(=O)(=O)O)c(N=Nc4ccc(S(=O)(=O)CCOS(=O)(=O)O)cc4)c(O)c23)n1. The summed E-state index contributed by atoms with van der Waals surface area (Å²) in [5, 5.41) is 23.7. The predicted molar refractivity (Wildman–Crippen MR) is 193 cm³/mol. The van der Waals surface area contributed by atoms with Gasteiger partial charge in [-0.15, -0.1) is 5.11 Å². The van der Waals surface area contributed by atoms with Crippen LogP contribution >= 0.6 is 11.6 Å². The summed E-state index contributed by atoms with van der Waals surface area (Å²) in [5.74, 6) is -2.15. The van der Waals surface area contributed by atoms with E-state index in [4.69, 9.17) is 16.2 Å². The number of halogens is 1. The second-order valence-corrected chi connectivity index (χ2v) is 17.2. The van der Waals surface area contributed by atoms with Gasteiger partial charge in [-0.1, -0.05) is 25.1 Å². The average Bonchev–Trinajstić information content (AvgIpc) is 3.06. The Morgan fingerprint density at radius 1 is 0.759 bits per heavy atom. The van der Waals surface area contributed by atoms with Crippen molar-refractivity contribution in [3.8, 4) is 5.75 Å². The quantitative estimate of drug-likeness (QED) is 0.0637. The molecule has 0 aliphatic carbocycles. The van der Waals surface area contributed by atoms with Gasteiger partial charge in [0.05, 0.1) is 33.5 Å². The Kier molecular flexibility index (Phi) is 11.5. The summed E-state index contributed by atoms with van der Waals surface area (Å²) in [6.07, 6.45) is 0.650. The molecule has 0 saturated heterocycles. The highest BCUT2D eigenvalue weighted by molar-refractivity contribution is 7.91. The van der Waals surface area contributed by atoms with E-state index in [2.05, 4.69) is 40.0 Å². The van der Waals surface area contributed by atoms with Crippen molar-refractivity contribution < 1.29 is 56.6 Å². The van der Waals surface area contributed by atoms with Crippen molar-refractivity contribution in [1.29, 1.82) is 0 Å². The molecule has 0 amide bonds. The molecule has 0 atom stereocenters. The Morgan fingerprint density at radius 2 is 1.39 bits per heavy atom. The minimum atomic E-state index is -5.22. The van der Waals surface area contributed by atoms with Crippen LogP contribution in [0.5, 0.6) is 5.75 Å². The van der Waals surface area contributed by atoms with E-state index in [1.54, 1.807) is 12.1 Å². The molecule has 25 heteroatoms. The summed E-state index contributed by atoms with van der Waals surface area (Å²) in [7, 11) is -19.2. The molecular weight excluding hydrogens is 818 g/mol. The maximum Gasteiger partial charge on any atom is 0.397 e. The highest BCUT2D eigenvalue weighted by Crippen LogP contribution is 2.45. The zero-order chi connectivity index (χ0) is 39.6. The van der Waals surface area contributed by atoms with Crippen molar-refractivity contribution >= 4 is 97.5 Å². The molecule has 20 nitrogen and oxygen atoms in total. The molecule has 0 fully saturated rings. The second kappa shape index (κ2) is 15.4. The number of azo groups is 1. The summed E-state index contributed by atoms with van der Waals surface area (Å²) in [6, 6.07) is 14.0. The highest BCUT2D eigenvalue weighted by atomic mass is 35.5. The zero-order valence-corrected chi connectivity index (χ0v) is 31.2. The number of rotatable bonds is 14. The Hall–Kier alpha value is -4.92. The fourth-order valence-corrected chi connectivity index (χ4v) is 7.70. The van der Waals surface area contributed by atoms with E-state index in [-0.39, 0.29) is 44.2 Å². The third-order valence-electron chi connectivity index (χ3n) is 7.24. The molecule has 0 aliphatic rings. The first-order chi connectivity index (χ1) is 25.1. The van der Waals surface area contributed by atoms with Crippen molar-refractivity contribution in [3.05, 3.63) is 77.6 Å². The number of anilines is 4. The number of benzene rings is 4. The minimum absolute atomic E-state index is 0.0498. The largest absolute Gasteiger partial charge is 0.505 e. The summed E-state index contributed by atoms with van der Waals surface area (Å²) >= 11 is 6.16. The first-order valence-electron chi connectivity index (χ1n) is 14.8. The number of nitrogens with one attached hydrogen (secondary N) is 2. The molecule has 0 saturated carbocycles. The van der Waals surface area contributed by atoms with Crippen LogP contribution in [0.1, 0.15) is 12.5 Å².